The van der Waals surface area contributed by atoms with Gasteiger partial charge in [-0.05, 0) is 32.7 Å². The molecule has 1 aliphatic heterocycles. The van der Waals surface area contributed by atoms with Gasteiger partial charge in [-0.2, -0.15) is 0 Å². The van der Waals surface area contributed by atoms with Crippen molar-refractivity contribution in [3.8, 4) is 0 Å². The molecule has 0 aliphatic carbocycles. The van der Waals surface area contributed by atoms with Crippen molar-refractivity contribution in [3.05, 3.63) is 0 Å². The zero-order valence-corrected chi connectivity index (χ0v) is 10.9. The fourth-order valence-electron chi connectivity index (χ4n) is 1.92. The minimum atomic E-state index is -0.509. The summed E-state index contributed by atoms with van der Waals surface area (Å²) in [5.74, 6) is -0.268. The monoisotopic (exact) mass is 244 g/mol. The van der Waals surface area contributed by atoms with Crippen molar-refractivity contribution < 1.29 is 14.3 Å². The summed E-state index contributed by atoms with van der Waals surface area (Å²) in [6, 6.07) is -0.509. The lowest BCUT2D eigenvalue weighted by atomic mass is 10.1. The van der Waals surface area contributed by atoms with E-state index in [1.807, 2.05) is 0 Å². The molecule has 2 N–H and O–H groups in total. The quantitative estimate of drug-likeness (QED) is 0.540. The van der Waals surface area contributed by atoms with Gasteiger partial charge >= 0.3 is 5.97 Å². The number of nitrogens with zero attached hydrogens (tertiary/aromatic N) is 1. The molecule has 17 heavy (non-hydrogen) atoms. The maximum atomic E-state index is 11.7. The molecule has 0 amide bonds. The van der Waals surface area contributed by atoms with Gasteiger partial charge in [0.15, 0.2) is 0 Å². The number of likely N-dealkylation sites (tertiary alicyclic amines) is 1. The van der Waals surface area contributed by atoms with Gasteiger partial charge in [-0.25, -0.2) is 0 Å². The molecule has 0 saturated carbocycles. The molecule has 1 saturated heterocycles. The van der Waals surface area contributed by atoms with E-state index < -0.39 is 6.04 Å². The normalized spacial score (nSPS) is 20.2. The lowest BCUT2D eigenvalue weighted by Gasteiger charge is -2.29. The van der Waals surface area contributed by atoms with Crippen molar-refractivity contribution in [2.75, 3.05) is 33.9 Å². The third-order valence-electron chi connectivity index (χ3n) is 3.11. The number of hydrogen-bond donors (Lipinski definition) is 1. The van der Waals surface area contributed by atoms with Gasteiger partial charge in [-0.1, -0.05) is 0 Å². The standard InChI is InChI=1S/C12H24N2O3/c1-14-7-5-10(6-8-14)17-12(15)11(13)4-3-9-16-2/h10-11H,3-9,13H2,1-2H3. The summed E-state index contributed by atoms with van der Waals surface area (Å²) in [7, 11) is 3.72. The molecule has 0 aromatic rings. The van der Waals surface area contributed by atoms with Crippen LogP contribution < -0.4 is 5.73 Å². The lowest BCUT2D eigenvalue weighted by molar-refractivity contribution is -0.152. The largest absolute Gasteiger partial charge is 0.461 e. The highest BCUT2D eigenvalue weighted by molar-refractivity contribution is 5.75. The third-order valence-corrected chi connectivity index (χ3v) is 3.11. The number of hydrogen-bond acceptors (Lipinski definition) is 5. The highest BCUT2D eigenvalue weighted by atomic mass is 16.5. The van der Waals surface area contributed by atoms with Gasteiger partial charge in [0.1, 0.15) is 12.1 Å². The first kappa shape index (κ1) is 14.4. The van der Waals surface area contributed by atoms with E-state index in [9.17, 15) is 4.79 Å². The molecule has 5 heteroatoms. The maximum absolute atomic E-state index is 11.7. The van der Waals surface area contributed by atoms with Crippen molar-refractivity contribution in [3.63, 3.8) is 0 Å². The molecule has 0 spiro atoms. The van der Waals surface area contributed by atoms with Crippen LogP contribution in [0, 0.1) is 0 Å². The SMILES string of the molecule is COCCCC(N)C(=O)OC1CCN(C)CC1. The molecule has 1 unspecified atom stereocenters. The molecule has 0 aromatic carbocycles. The van der Waals surface area contributed by atoms with Crippen LogP contribution in [0.25, 0.3) is 0 Å². The number of ether oxygens (including phenoxy) is 2. The Morgan fingerprint density at radius 3 is 2.71 bits per heavy atom. The number of carbonyl (C=O) groups excluding carboxylic acids is 1. The van der Waals surface area contributed by atoms with Crippen LogP contribution in [0.3, 0.4) is 0 Å². The summed E-state index contributed by atoms with van der Waals surface area (Å²) in [4.78, 5) is 13.9. The number of piperidine rings is 1. The van der Waals surface area contributed by atoms with E-state index in [0.717, 1.165) is 32.4 Å². The molecule has 1 rings (SSSR count). The number of rotatable bonds is 6. The zero-order chi connectivity index (χ0) is 12.7. The zero-order valence-electron chi connectivity index (χ0n) is 10.9. The number of methoxy groups -OCH3 is 1. The Morgan fingerprint density at radius 1 is 1.47 bits per heavy atom. The van der Waals surface area contributed by atoms with Crippen LogP contribution in [-0.4, -0.2) is 56.9 Å². The number of carbonyl (C=O) groups is 1. The van der Waals surface area contributed by atoms with Crippen molar-refractivity contribution >= 4 is 5.97 Å². The van der Waals surface area contributed by atoms with E-state index in [2.05, 4.69) is 11.9 Å². The van der Waals surface area contributed by atoms with Crippen molar-refractivity contribution in [1.29, 1.82) is 0 Å². The number of nitrogens with two attached hydrogens (primary N) is 1. The first-order valence-corrected chi connectivity index (χ1v) is 6.27. The lowest BCUT2D eigenvalue weighted by Crippen LogP contribution is -2.39. The van der Waals surface area contributed by atoms with Crippen LogP contribution in [0.15, 0.2) is 0 Å². The Bertz CT molecular complexity index is 228. The van der Waals surface area contributed by atoms with E-state index in [1.165, 1.54) is 0 Å². The Labute approximate surface area is 103 Å². The van der Waals surface area contributed by atoms with E-state index in [4.69, 9.17) is 15.2 Å². The highest BCUT2D eigenvalue weighted by Gasteiger charge is 2.23. The van der Waals surface area contributed by atoms with Crippen LogP contribution in [0.1, 0.15) is 25.7 Å². The molecule has 100 valence electrons. The molecule has 0 aromatic heterocycles. The van der Waals surface area contributed by atoms with Crippen LogP contribution in [0.2, 0.25) is 0 Å². The average molecular weight is 244 g/mol. The summed E-state index contributed by atoms with van der Waals surface area (Å²) in [5.41, 5.74) is 5.76. The second kappa shape index (κ2) is 7.63. The molecule has 1 atom stereocenters. The van der Waals surface area contributed by atoms with Crippen LogP contribution in [0.5, 0.6) is 0 Å². The molecule has 0 bridgehead atoms. The fourth-order valence-corrected chi connectivity index (χ4v) is 1.92. The Kier molecular flexibility index (Phi) is 6.47. The summed E-state index contributed by atoms with van der Waals surface area (Å²) >= 11 is 0. The first-order chi connectivity index (χ1) is 8.13. The van der Waals surface area contributed by atoms with E-state index in [0.29, 0.717) is 13.0 Å². The van der Waals surface area contributed by atoms with Crippen molar-refractivity contribution in [2.24, 2.45) is 5.73 Å². The van der Waals surface area contributed by atoms with Crippen molar-refractivity contribution in [2.45, 2.75) is 37.8 Å². The molecule has 5 nitrogen and oxygen atoms in total. The van der Waals surface area contributed by atoms with Gasteiger partial charge in [0.05, 0.1) is 0 Å². The minimum Gasteiger partial charge on any atom is -0.461 e. The summed E-state index contributed by atoms with van der Waals surface area (Å²) in [5, 5.41) is 0. The van der Waals surface area contributed by atoms with Gasteiger partial charge in [0.2, 0.25) is 0 Å². The Hall–Kier alpha value is -0.650. The van der Waals surface area contributed by atoms with E-state index in [-0.39, 0.29) is 12.1 Å². The predicted molar refractivity (Wildman–Crippen MR) is 65.7 cm³/mol. The topological polar surface area (TPSA) is 64.8 Å². The average Bonchev–Trinajstić information content (AvgIpc) is 2.32. The van der Waals surface area contributed by atoms with E-state index >= 15 is 0 Å². The summed E-state index contributed by atoms with van der Waals surface area (Å²) in [6.45, 7) is 2.60. The summed E-state index contributed by atoms with van der Waals surface area (Å²) < 4.78 is 10.3. The Balaban J connectivity index is 2.19. The molecule has 1 aliphatic rings. The molecular weight excluding hydrogens is 220 g/mol. The highest BCUT2D eigenvalue weighted by Crippen LogP contribution is 2.13. The molecule has 1 heterocycles. The van der Waals surface area contributed by atoms with Gasteiger partial charge in [0, 0.05) is 26.8 Å². The Morgan fingerprint density at radius 2 is 2.12 bits per heavy atom. The second-order valence-electron chi connectivity index (χ2n) is 4.68. The van der Waals surface area contributed by atoms with Crippen LogP contribution in [0.4, 0.5) is 0 Å². The third kappa shape index (κ3) is 5.48. The van der Waals surface area contributed by atoms with Gasteiger partial charge in [0.25, 0.3) is 0 Å². The van der Waals surface area contributed by atoms with Gasteiger partial charge < -0.3 is 20.1 Å². The second-order valence-corrected chi connectivity index (χ2v) is 4.68. The van der Waals surface area contributed by atoms with E-state index in [1.54, 1.807) is 7.11 Å². The maximum Gasteiger partial charge on any atom is 0.323 e. The minimum absolute atomic E-state index is 0.0483. The molecule has 1 fully saturated rings. The fraction of sp³-hybridized carbons (Fsp3) is 0.917. The predicted octanol–water partition coefficient (Wildman–Crippen LogP) is 0.378. The summed E-state index contributed by atoms with van der Waals surface area (Å²) in [6.07, 6.45) is 3.28. The van der Waals surface area contributed by atoms with Gasteiger partial charge in [-0.3, -0.25) is 4.79 Å². The smallest absolute Gasteiger partial charge is 0.323 e. The van der Waals surface area contributed by atoms with Gasteiger partial charge in [-0.15, -0.1) is 0 Å². The molecule has 0 radical (unpaired) electrons. The van der Waals surface area contributed by atoms with Crippen LogP contribution >= 0.6 is 0 Å². The first-order valence-electron chi connectivity index (χ1n) is 6.27. The number of esters is 1. The van der Waals surface area contributed by atoms with Crippen LogP contribution in [-0.2, 0) is 14.3 Å². The van der Waals surface area contributed by atoms with Crippen molar-refractivity contribution in [1.82, 2.24) is 4.90 Å². The molecular formula is C12H24N2O3.